The largest absolute Gasteiger partial charge is 0.353 e. The Kier molecular flexibility index (Phi) is 3.67. The summed E-state index contributed by atoms with van der Waals surface area (Å²) >= 11 is 0. The topological polar surface area (TPSA) is 42.2 Å². The molecule has 1 fully saturated rings. The van der Waals surface area contributed by atoms with Gasteiger partial charge in [0, 0.05) is 30.4 Å². The van der Waals surface area contributed by atoms with Crippen molar-refractivity contribution in [1.82, 2.24) is 4.98 Å². The quantitative estimate of drug-likeness (QED) is 0.873. The highest BCUT2D eigenvalue weighted by atomic mass is 15.2. The van der Waals surface area contributed by atoms with Crippen LogP contribution in [-0.2, 0) is 0 Å². The summed E-state index contributed by atoms with van der Waals surface area (Å²) in [6.07, 6.45) is 4.40. The Morgan fingerprint density at radius 1 is 1.41 bits per heavy atom. The Morgan fingerprint density at radius 2 is 2.18 bits per heavy atom. The third-order valence-electron chi connectivity index (χ3n) is 3.65. The second-order valence-electron chi connectivity index (χ2n) is 5.35. The molecule has 1 unspecified atom stereocenters. The van der Waals surface area contributed by atoms with Crippen LogP contribution in [-0.4, -0.2) is 17.6 Å². The summed E-state index contributed by atoms with van der Waals surface area (Å²) in [6, 6.07) is 4.74. The van der Waals surface area contributed by atoms with Crippen molar-refractivity contribution < 1.29 is 0 Å². The highest BCUT2D eigenvalue weighted by Crippen LogP contribution is 2.32. The van der Waals surface area contributed by atoms with Gasteiger partial charge in [0.2, 0.25) is 0 Å². The highest BCUT2D eigenvalue weighted by Gasteiger charge is 2.29. The first-order valence-corrected chi connectivity index (χ1v) is 6.58. The fourth-order valence-corrected chi connectivity index (χ4v) is 2.75. The van der Waals surface area contributed by atoms with Crippen LogP contribution in [0, 0.1) is 5.92 Å². The van der Waals surface area contributed by atoms with Gasteiger partial charge in [0.05, 0.1) is 0 Å². The van der Waals surface area contributed by atoms with E-state index in [2.05, 4.69) is 29.8 Å². The van der Waals surface area contributed by atoms with E-state index in [0.717, 1.165) is 12.4 Å². The lowest BCUT2D eigenvalue weighted by Gasteiger charge is -2.30. The number of rotatable bonds is 3. The van der Waals surface area contributed by atoms with Gasteiger partial charge in [0.25, 0.3) is 0 Å². The molecule has 94 valence electrons. The lowest BCUT2D eigenvalue weighted by molar-refractivity contribution is 0.488. The van der Waals surface area contributed by atoms with Crippen molar-refractivity contribution in [3.8, 4) is 0 Å². The second-order valence-corrected chi connectivity index (χ2v) is 5.35. The zero-order valence-electron chi connectivity index (χ0n) is 11.1. The van der Waals surface area contributed by atoms with Gasteiger partial charge in [-0.25, -0.2) is 4.98 Å². The lowest BCUT2D eigenvalue weighted by atomic mass is 10.0. The van der Waals surface area contributed by atoms with Gasteiger partial charge in [-0.3, -0.25) is 0 Å². The second kappa shape index (κ2) is 5.05. The molecule has 2 rings (SSSR count). The highest BCUT2D eigenvalue weighted by molar-refractivity contribution is 5.50. The predicted molar refractivity (Wildman–Crippen MR) is 72.0 cm³/mol. The summed E-state index contributed by atoms with van der Waals surface area (Å²) in [7, 11) is 0. The van der Waals surface area contributed by atoms with Crippen molar-refractivity contribution in [3.63, 3.8) is 0 Å². The van der Waals surface area contributed by atoms with Crippen LogP contribution in [0.5, 0.6) is 0 Å². The molecule has 2 N–H and O–H groups in total. The Labute approximate surface area is 104 Å². The maximum absolute atomic E-state index is 6.04. The van der Waals surface area contributed by atoms with Gasteiger partial charge >= 0.3 is 0 Å². The minimum absolute atomic E-state index is 0.0483. The van der Waals surface area contributed by atoms with E-state index in [1.165, 1.54) is 18.4 Å². The molecule has 0 spiro atoms. The third kappa shape index (κ3) is 2.44. The van der Waals surface area contributed by atoms with Gasteiger partial charge in [-0.15, -0.1) is 0 Å². The van der Waals surface area contributed by atoms with Gasteiger partial charge in [0.1, 0.15) is 5.82 Å². The maximum Gasteiger partial charge on any atom is 0.133 e. The number of nitrogens with zero attached hydrogens (tertiary/aromatic N) is 2. The van der Waals surface area contributed by atoms with E-state index >= 15 is 0 Å². The van der Waals surface area contributed by atoms with Crippen molar-refractivity contribution >= 4 is 5.82 Å². The monoisotopic (exact) mass is 233 g/mol. The molecule has 0 bridgehead atoms. The van der Waals surface area contributed by atoms with Crippen LogP contribution in [0.3, 0.4) is 0 Å². The van der Waals surface area contributed by atoms with Crippen molar-refractivity contribution in [2.24, 2.45) is 11.7 Å². The van der Waals surface area contributed by atoms with E-state index < -0.39 is 0 Å². The van der Waals surface area contributed by atoms with E-state index in [0.29, 0.717) is 12.0 Å². The molecule has 0 saturated carbocycles. The number of hydrogen-bond donors (Lipinski definition) is 1. The van der Waals surface area contributed by atoms with Crippen LogP contribution >= 0.6 is 0 Å². The summed E-state index contributed by atoms with van der Waals surface area (Å²) in [4.78, 5) is 7.01. The molecule has 3 heteroatoms. The first kappa shape index (κ1) is 12.4. The number of hydrogen-bond acceptors (Lipinski definition) is 3. The zero-order chi connectivity index (χ0) is 12.4. The molecule has 0 aromatic carbocycles. The van der Waals surface area contributed by atoms with Crippen molar-refractivity contribution in [2.75, 3.05) is 11.4 Å². The first-order chi connectivity index (χ1) is 8.11. The standard InChI is InChI=1S/C14H23N3/c1-10(2)13-7-5-9-17(13)14-12(11(3)15)6-4-8-16-14/h4,6,8,10-11,13H,5,7,9,15H2,1-3H3/t11-,13?/m1/s1. The maximum atomic E-state index is 6.04. The van der Waals surface area contributed by atoms with Crippen LogP contribution in [0.15, 0.2) is 18.3 Å². The normalized spacial score (nSPS) is 22.2. The van der Waals surface area contributed by atoms with E-state index in [1.807, 2.05) is 19.2 Å². The smallest absolute Gasteiger partial charge is 0.133 e. The molecule has 0 radical (unpaired) electrons. The third-order valence-corrected chi connectivity index (χ3v) is 3.65. The fraction of sp³-hybridized carbons (Fsp3) is 0.643. The number of pyridine rings is 1. The van der Waals surface area contributed by atoms with Crippen molar-refractivity contribution in [3.05, 3.63) is 23.9 Å². The lowest BCUT2D eigenvalue weighted by Crippen LogP contribution is -2.35. The van der Waals surface area contributed by atoms with E-state index in [9.17, 15) is 0 Å². The number of anilines is 1. The van der Waals surface area contributed by atoms with Crippen LogP contribution in [0.1, 0.15) is 45.2 Å². The molecule has 1 aromatic heterocycles. The summed E-state index contributed by atoms with van der Waals surface area (Å²) < 4.78 is 0. The first-order valence-electron chi connectivity index (χ1n) is 6.58. The summed E-state index contributed by atoms with van der Waals surface area (Å²) in [5, 5.41) is 0. The fourth-order valence-electron chi connectivity index (χ4n) is 2.75. The van der Waals surface area contributed by atoms with Gasteiger partial charge in [0.15, 0.2) is 0 Å². The Balaban J connectivity index is 2.33. The molecule has 1 aliphatic heterocycles. The molecule has 3 nitrogen and oxygen atoms in total. The van der Waals surface area contributed by atoms with Crippen LogP contribution in [0.4, 0.5) is 5.82 Å². The molecule has 2 heterocycles. The molecule has 17 heavy (non-hydrogen) atoms. The Hall–Kier alpha value is -1.09. The summed E-state index contributed by atoms with van der Waals surface area (Å²) in [5.41, 5.74) is 7.20. The number of nitrogens with two attached hydrogens (primary N) is 1. The van der Waals surface area contributed by atoms with Gasteiger partial charge in [-0.2, -0.15) is 0 Å². The van der Waals surface area contributed by atoms with Crippen LogP contribution in [0.25, 0.3) is 0 Å². The molecule has 0 aliphatic carbocycles. The average molecular weight is 233 g/mol. The molecular weight excluding hydrogens is 210 g/mol. The Bertz CT molecular complexity index is 373. The predicted octanol–water partition coefficient (Wildman–Crippen LogP) is 2.73. The molecule has 1 aliphatic rings. The van der Waals surface area contributed by atoms with Gasteiger partial charge in [-0.05, 0) is 31.7 Å². The molecule has 2 atom stereocenters. The minimum Gasteiger partial charge on any atom is -0.353 e. The number of aromatic nitrogens is 1. The van der Waals surface area contributed by atoms with Gasteiger partial charge in [-0.1, -0.05) is 19.9 Å². The average Bonchev–Trinajstić information content (AvgIpc) is 2.77. The molecule has 1 saturated heterocycles. The van der Waals surface area contributed by atoms with E-state index in [1.54, 1.807) is 0 Å². The summed E-state index contributed by atoms with van der Waals surface area (Å²) in [6.45, 7) is 7.72. The van der Waals surface area contributed by atoms with E-state index in [4.69, 9.17) is 5.73 Å². The SMILES string of the molecule is CC(C)C1CCCN1c1ncccc1[C@@H](C)N. The van der Waals surface area contributed by atoms with Gasteiger partial charge < -0.3 is 10.6 Å². The molecular formula is C14H23N3. The Morgan fingerprint density at radius 3 is 2.82 bits per heavy atom. The van der Waals surface area contributed by atoms with Crippen molar-refractivity contribution in [1.29, 1.82) is 0 Å². The molecule has 0 amide bonds. The van der Waals surface area contributed by atoms with E-state index in [-0.39, 0.29) is 6.04 Å². The zero-order valence-corrected chi connectivity index (χ0v) is 11.1. The summed E-state index contributed by atoms with van der Waals surface area (Å²) in [5.74, 6) is 1.76. The van der Waals surface area contributed by atoms with Crippen LogP contribution < -0.4 is 10.6 Å². The minimum atomic E-state index is 0.0483. The molecule has 1 aromatic rings. The van der Waals surface area contributed by atoms with Crippen molar-refractivity contribution in [2.45, 2.75) is 45.7 Å². The van der Waals surface area contributed by atoms with Crippen LogP contribution in [0.2, 0.25) is 0 Å².